The fourth-order valence-corrected chi connectivity index (χ4v) is 6.37. The summed E-state index contributed by atoms with van der Waals surface area (Å²) >= 11 is 10.2. The number of nitrogens with one attached hydrogen (secondary N) is 1. The second kappa shape index (κ2) is 9.52. The number of thioether (sulfide) groups is 1. The number of hydrogen-bond donors (Lipinski definition) is 2. The second-order valence-electron chi connectivity index (χ2n) is 6.49. The Morgan fingerprint density at radius 2 is 1.81 bits per heavy atom. The van der Waals surface area contributed by atoms with Crippen LogP contribution in [0.15, 0.2) is 73.9 Å². The second-order valence-corrected chi connectivity index (χ2v) is 10.5. The molecule has 9 heteroatoms. The first-order valence-electron chi connectivity index (χ1n) is 9.02. The van der Waals surface area contributed by atoms with Crippen molar-refractivity contribution in [3.63, 3.8) is 0 Å². The van der Waals surface area contributed by atoms with Crippen LogP contribution in [0, 0.1) is 0 Å². The number of nitrogens with zero attached hydrogens (tertiary/aromatic N) is 1. The van der Waals surface area contributed by atoms with E-state index in [1.807, 2.05) is 24.3 Å². The summed E-state index contributed by atoms with van der Waals surface area (Å²) in [6.45, 7) is 0. The SMILES string of the molecule is O=C(O)c1ccccc1C(=O)Nc1ccc2nc(SCc3ccc(Br)cc3Br)sc2c1. The maximum atomic E-state index is 12.6. The lowest BCUT2D eigenvalue weighted by Gasteiger charge is -2.07. The van der Waals surface area contributed by atoms with Crippen LogP contribution in [0.2, 0.25) is 0 Å². The van der Waals surface area contributed by atoms with E-state index < -0.39 is 11.9 Å². The first-order chi connectivity index (χ1) is 14.9. The number of anilines is 1. The number of benzene rings is 3. The number of rotatable bonds is 6. The molecule has 0 aliphatic rings. The predicted molar refractivity (Wildman–Crippen MR) is 132 cm³/mol. The number of fused-ring (bicyclic) bond motifs is 1. The molecule has 4 rings (SSSR count). The fourth-order valence-electron chi connectivity index (χ4n) is 2.89. The van der Waals surface area contributed by atoms with Crippen molar-refractivity contribution >= 4 is 82.7 Å². The molecule has 3 aromatic carbocycles. The van der Waals surface area contributed by atoms with Gasteiger partial charge in [0.05, 0.1) is 21.3 Å². The van der Waals surface area contributed by atoms with Gasteiger partial charge in [-0.25, -0.2) is 9.78 Å². The Labute approximate surface area is 203 Å². The normalized spacial score (nSPS) is 10.9. The number of aromatic carboxylic acids is 1. The third-order valence-corrected chi connectivity index (χ3v) is 7.84. The highest BCUT2D eigenvalue weighted by atomic mass is 79.9. The van der Waals surface area contributed by atoms with Gasteiger partial charge in [-0.3, -0.25) is 4.79 Å². The molecule has 156 valence electrons. The van der Waals surface area contributed by atoms with Crippen molar-refractivity contribution in [3.05, 3.63) is 86.3 Å². The van der Waals surface area contributed by atoms with Crippen LogP contribution in [-0.4, -0.2) is 22.0 Å². The smallest absolute Gasteiger partial charge is 0.336 e. The van der Waals surface area contributed by atoms with E-state index in [1.165, 1.54) is 17.7 Å². The average molecular weight is 578 g/mol. The van der Waals surface area contributed by atoms with E-state index in [1.54, 1.807) is 41.3 Å². The van der Waals surface area contributed by atoms with E-state index in [9.17, 15) is 14.7 Å². The van der Waals surface area contributed by atoms with Crippen molar-refractivity contribution in [2.75, 3.05) is 5.32 Å². The Balaban J connectivity index is 1.50. The molecule has 1 heterocycles. The third kappa shape index (κ3) is 5.17. The van der Waals surface area contributed by atoms with E-state index in [0.717, 1.165) is 29.3 Å². The van der Waals surface area contributed by atoms with E-state index in [2.05, 4.69) is 48.2 Å². The highest BCUT2D eigenvalue weighted by molar-refractivity contribution is 9.11. The van der Waals surface area contributed by atoms with Gasteiger partial charge in [-0.05, 0) is 48.0 Å². The zero-order valence-corrected chi connectivity index (χ0v) is 20.6. The van der Waals surface area contributed by atoms with Gasteiger partial charge in [0, 0.05) is 20.4 Å². The summed E-state index contributed by atoms with van der Waals surface area (Å²) in [6.07, 6.45) is 0. The van der Waals surface area contributed by atoms with Crippen LogP contribution < -0.4 is 5.32 Å². The molecule has 0 unspecified atom stereocenters. The maximum absolute atomic E-state index is 12.6. The molecule has 0 bridgehead atoms. The molecule has 4 aromatic rings. The Morgan fingerprint density at radius 1 is 1.03 bits per heavy atom. The summed E-state index contributed by atoms with van der Waals surface area (Å²) in [5.41, 5.74) is 2.71. The Bertz CT molecular complexity index is 1310. The van der Waals surface area contributed by atoms with Gasteiger partial charge in [0.15, 0.2) is 4.34 Å². The van der Waals surface area contributed by atoms with E-state index >= 15 is 0 Å². The van der Waals surface area contributed by atoms with E-state index in [4.69, 9.17) is 0 Å². The number of hydrogen-bond acceptors (Lipinski definition) is 5. The number of carboxylic acids is 1. The lowest BCUT2D eigenvalue weighted by Crippen LogP contribution is -2.16. The number of carbonyl (C=O) groups excluding carboxylic acids is 1. The topological polar surface area (TPSA) is 79.3 Å². The highest BCUT2D eigenvalue weighted by Gasteiger charge is 2.16. The van der Waals surface area contributed by atoms with Crippen LogP contribution in [0.25, 0.3) is 10.2 Å². The minimum absolute atomic E-state index is 0.0309. The third-order valence-electron chi connectivity index (χ3n) is 4.40. The maximum Gasteiger partial charge on any atom is 0.336 e. The predicted octanol–water partition coefficient (Wildman–Crippen LogP) is 7.06. The first-order valence-corrected chi connectivity index (χ1v) is 12.4. The van der Waals surface area contributed by atoms with Crippen LogP contribution in [0.4, 0.5) is 5.69 Å². The van der Waals surface area contributed by atoms with Crippen LogP contribution in [0.5, 0.6) is 0 Å². The van der Waals surface area contributed by atoms with E-state index in [0.29, 0.717) is 5.69 Å². The summed E-state index contributed by atoms with van der Waals surface area (Å²) in [4.78, 5) is 28.6. The minimum Gasteiger partial charge on any atom is -0.478 e. The quantitative estimate of drug-likeness (QED) is 0.240. The first kappa shape index (κ1) is 22.0. The van der Waals surface area contributed by atoms with Crippen LogP contribution in [-0.2, 0) is 5.75 Å². The highest BCUT2D eigenvalue weighted by Crippen LogP contribution is 2.34. The van der Waals surface area contributed by atoms with Crippen molar-refractivity contribution in [1.82, 2.24) is 4.98 Å². The number of carboxylic acid groups (broad SMARTS) is 1. The molecule has 0 aliphatic heterocycles. The van der Waals surface area contributed by atoms with E-state index in [-0.39, 0.29) is 11.1 Å². The summed E-state index contributed by atoms with van der Waals surface area (Å²) in [6, 6.07) is 17.7. The van der Waals surface area contributed by atoms with Gasteiger partial charge in [0.2, 0.25) is 0 Å². The van der Waals surface area contributed by atoms with Crippen molar-refractivity contribution in [2.24, 2.45) is 0 Å². The molecule has 0 atom stereocenters. The van der Waals surface area contributed by atoms with Crippen molar-refractivity contribution in [2.45, 2.75) is 10.1 Å². The molecule has 5 nitrogen and oxygen atoms in total. The average Bonchev–Trinajstić information content (AvgIpc) is 3.15. The molecule has 0 radical (unpaired) electrons. The molecule has 2 N–H and O–H groups in total. The zero-order chi connectivity index (χ0) is 22.0. The van der Waals surface area contributed by atoms with Gasteiger partial charge in [0.25, 0.3) is 5.91 Å². The van der Waals surface area contributed by atoms with Gasteiger partial charge in [-0.1, -0.05) is 61.8 Å². The molecule has 0 saturated carbocycles. The van der Waals surface area contributed by atoms with Crippen molar-refractivity contribution < 1.29 is 14.7 Å². The Kier molecular flexibility index (Phi) is 6.76. The minimum atomic E-state index is -1.14. The monoisotopic (exact) mass is 576 g/mol. The van der Waals surface area contributed by atoms with Crippen LogP contribution >= 0.6 is 55.0 Å². The van der Waals surface area contributed by atoms with Crippen LogP contribution in [0.1, 0.15) is 26.3 Å². The fraction of sp³-hybridized carbons (Fsp3) is 0.0455. The van der Waals surface area contributed by atoms with Gasteiger partial charge < -0.3 is 10.4 Å². The molecular weight excluding hydrogens is 564 g/mol. The largest absolute Gasteiger partial charge is 0.478 e. The van der Waals surface area contributed by atoms with Crippen LogP contribution in [0.3, 0.4) is 0 Å². The van der Waals surface area contributed by atoms with Gasteiger partial charge in [0.1, 0.15) is 0 Å². The summed E-state index contributed by atoms with van der Waals surface area (Å²) in [5, 5.41) is 12.1. The number of halogens is 2. The summed E-state index contributed by atoms with van der Waals surface area (Å²) in [5.74, 6) is -0.817. The Hall–Kier alpha value is -2.20. The van der Waals surface area contributed by atoms with Gasteiger partial charge >= 0.3 is 5.97 Å². The number of thiazole rings is 1. The Morgan fingerprint density at radius 3 is 2.55 bits per heavy atom. The van der Waals surface area contributed by atoms with Crippen molar-refractivity contribution in [1.29, 1.82) is 0 Å². The molecule has 0 saturated heterocycles. The molecule has 0 fully saturated rings. The molecule has 0 aliphatic carbocycles. The molecule has 0 spiro atoms. The number of amides is 1. The standard InChI is InChI=1S/C22H14Br2N2O3S2/c23-13-6-5-12(17(24)9-13)11-30-22-26-18-8-7-14(10-19(18)31-22)25-20(27)15-3-1-2-4-16(15)21(28)29/h1-10H,11H2,(H,25,27)(H,28,29). The molecular formula is C22H14Br2N2O3S2. The summed E-state index contributed by atoms with van der Waals surface area (Å²) in [7, 11) is 0. The lowest BCUT2D eigenvalue weighted by molar-refractivity contribution is 0.0692. The summed E-state index contributed by atoms with van der Waals surface area (Å²) < 4.78 is 3.95. The molecule has 1 amide bonds. The van der Waals surface area contributed by atoms with Gasteiger partial charge in [-0.2, -0.15) is 0 Å². The molecule has 31 heavy (non-hydrogen) atoms. The number of carbonyl (C=O) groups is 2. The van der Waals surface area contributed by atoms with Gasteiger partial charge in [-0.15, -0.1) is 11.3 Å². The number of aromatic nitrogens is 1. The zero-order valence-electron chi connectivity index (χ0n) is 15.8. The lowest BCUT2D eigenvalue weighted by atomic mass is 10.1. The molecule has 1 aromatic heterocycles. The van der Waals surface area contributed by atoms with Crippen molar-refractivity contribution in [3.8, 4) is 0 Å².